The van der Waals surface area contributed by atoms with Gasteiger partial charge >= 0.3 is 0 Å². The molecule has 9 atom stereocenters. The van der Waals surface area contributed by atoms with Gasteiger partial charge in [0.25, 0.3) is 0 Å². The van der Waals surface area contributed by atoms with Gasteiger partial charge in [0.05, 0.1) is 55.3 Å². The smallest absolute Gasteiger partial charge is 0.226 e. The van der Waals surface area contributed by atoms with Crippen LogP contribution in [0, 0.1) is 29.6 Å². The van der Waals surface area contributed by atoms with Gasteiger partial charge in [-0.1, -0.05) is 85.2 Å². The maximum Gasteiger partial charge on any atom is 0.226 e. The zero-order valence-electron chi connectivity index (χ0n) is 34.1. The Labute approximate surface area is 314 Å². The maximum atomic E-state index is 14.3. The van der Waals surface area contributed by atoms with Gasteiger partial charge in [-0.25, -0.2) is 0 Å². The van der Waals surface area contributed by atoms with Crippen LogP contribution >= 0.6 is 0 Å². The SMILES string of the molecule is CC[C@H](C)[C@@H]([C@@H](CC(=O)N1CCC[C@H]1[C@H](OC)[C@@H](C)C(=O)N[C@@H](CO)Cc1ccccc1)OC)N(C)C(=O)[C@@H](CC(=O)[C@H](C(C)C)N(C)C)C(C)C. The van der Waals surface area contributed by atoms with Gasteiger partial charge in [-0.05, 0) is 56.7 Å². The number of hydrogen-bond donors (Lipinski definition) is 2. The molecule has 1 saturated heterocycles. The number of methoxy groups -OCH3 is 2. The van der Waals surface area contributed by atoms with E-state index in [0.29, 0.717) is 19.4 Å². The van der Waals surface area contributed by atoms with E-state index in [1.807, 2.05) is 81.9 Å². The van der Waals surface area contributed by atoms with Crippen LogP contribution in [0.5, 0.6) is 0 Å². The van der Waals surface area contributed by atoms with Crippen molar-refractivity contribution >= 4 is 23.5 Å². The van der Waals surface area contributed by atoms with Gasteiger partial charge in [-0.15, -0.1) is 0 Å². The van der Waals surface area contributed by atoms with Gasteiger partial charge < -0.3 is 29.7 Å². The van der Waals surface area contributed by atoms with Crippen molar-refractivity contribution < 1.29 is 33.8 Å². The highest BCUT2D eigenvalue weighted by Crippen LogP contribution is 2.31. The third kappa shape index (κ3) is 12.1. The molecular weight excluding hydrogens is 660 g/mol. The summed E-state index contributed by atoms with van der Waals surface area (Å²) in [7, 11) is 8.72. The third-order valence-electron chi connectivity index (χ3n) is 11.2. The lowest BCUT2D eigenvalue weighted by Gasteiger charge is -2.41. The summed E-state index contributed by atoms with van der Waals surface area (Å²) in [5, 5.41) is 13.0. The van der Waals surface area contributed by atoms with Crippen LogP contribution in [0.3, 0.4) is 0 Å². The van der Waals surface area contributed by atoms with Crippen LogP contribution in [0.15, 0.2) is 30.3 Å². The summed E-state index contributed by atoms with van der Waals surface area (Å²) >= 11 is 0. The number of rotatable bonds is 22. The summed E-state index contributed by atoms with van der Waals surface area (Å²) in [4.78, 5) is 60.9. The lowest BCUT2D eigenvalue weighted by atomic mass is 9.83. The Bertz CT molecular complexity index is 1250. The van der Waals surface area contributed by atoms with Crippen LogP contribution in [0.2, 0.25) is 0 Å². The lowest BCUT2D eigenvalue weighted by Crippen LogP contribution is -2.55. The van der Waals surface area contributed by atoms with Crippen LogP contribution in [0.25, 0.3) is 0 Å². The van der Waals surface area contributed by atoms with Crippen LogP contribution in [-0.4, -0.2) is 128 Å². The molecule has 11 nitrogen and oxygen atoms in total. The number of likely N-dealkylation sites (N-methyl/N-ethyl adjacent to an activating group) is 2. The first-order valence-electron chi connectivity index (χ1n) is 19.3. The molecular formula is C41H70N4O7. The van der Waals surface area contributed by atoms with Crippen molar-refractivity contribution in [1.29, 1.82) is 0 Å². The number of ketones is 1. The number of likely N-dealkylation sites (tertiary alicyclic amines) is 1. The Morgan fingerprint density at radius 2 is 1.58 bits per heavy atom. The molecule has 0 unspecified atom stereocenters. The van der Waals surface area contributed by atoms with E-state index in [0.717, 1.165) is 18.4 Å². The van der Waals surface area contributed by atoms with E-state index < -0.39 is 36.1 Å². The quantitative estimate of drug-likeness (QED) is 0.179. The number of benzene rings is 1. The van der Waals surface area contributed by atoms with Gasteiger partial charge in [-0.3, -0.25) is 24.1 Å². The molecule has 11 heteroatoms. The van der Waals surface area contributed by atoms with Crippen molar-refractivity contribution in [2.45, 2.75) is 123 Å². The largest absolute Gasteiger partial charge is 0.394 e. The molecule has 1 aromatic carbocycles. The normalized spacial score (nSPS) is 19.5. The first-order chi connectivity index (χ1) is 24.5. The van der Waals surface area contributed by atoms with Gasteiger partial charge in [0, 0.05) is 40.2 Å². The number of nitrogens with zero attached hydrogens (tertiary/aromatic N) is 3. The average molecular weight is 731 g/mol. The maximum absolute atomic E-state index is 14.3. The zero-order chi connectivity index (χ0) is 39.3. The minimum Gasteiger partial charge on any atom is -0.394 e. The fraction of sp³-hybridized carbons (Fsp3) is 0.756. The summed E-state index contributed by atoms with van der Waals surface area (Å²) in [6, 6.07) is 8.25. The number of carbonyl (C=O) groups is 4. The van der Waals surface area contributed by atoms with Crippen molar-refractivity contribution in [3.8, 4) is 0 Å². The molecule has 2 rings (SSSR count). The molecule has 0 radical (unpaired) electrons. The number of Topliss-reactive ketones (excluding diaryl/α,β-unsaturated/α-hetero) is 1. The minimum absolute atomic E-state index is 0.0144. The number of hydrogen-bond acceptors (Lipinski definition) is 8. The number of aliphatic hydroxyl groups excluding tert-OH is 1. The van der Waals surface area contributed by atoms with Gasteiger partial charge in [0.15, 0.2) is 5.78 Å². The molecule has 1 aliphatic rings. The second-order valence-corrected chi connectivity index (χ2v) is 15.8. The second kappa shape index (κ2) is 21.7. The highest BCUT2D eigenvalue weighted by molar-refractivity contribution is 5.90. The molecule has 0 aromatic heterocycles. The van der Waals surface area contributed by atoms with Crippen molar-refractivity contribution in [3.63, 3.8) is 0 Å². The van der Waals surface area contributed by atoms with Crippen molar-refractivity contribution in [2.75, 3.05) is 48.5 Å². The minimum atomic E-state index is -0.587. The second-order valence-electron chi connectivity index (χ2n) is 15.8. The topological polar surface area (TPSA) is 129 Å². The number of nitrogens with one attached hydrogen (secondary N) is 1. The molecule has 0 aliphatic carbocycles. The Morgan fingerprint density at radius 1 is 0.942 bits per heavy atom. The third-order valence-corrected chi connectivity index (χ3v) is 11.2. The zero-order valence-corrected chi connectivity index (χ0v) is 34.1. The van der Waals surface area contributed by atoms with E-state index in [1.165, 1.54) is 0 Å². The van der Waals surface area contributed by atoms with Crippen LogP contribution < -0.4 is 5.32 Å². The van der Waals surface area contributed by atoms with Gasteiger partial charge in [-0.2, -0.15) is 0 Å². The van der Waals surface area contributed by atoms with Gasteiger partial charge in [0.2, 0.25) is 17.7 Å². The summed E-state index contributed by atoms with van der Waals surface area (Å²) < 4.78 is 12.0. The van der Waals surface area contributed by atoms with Crippen LogP contribution in [0.1, 0.15) is 86.1 Å². The highest BCUT2D eigenvalue weighted by Gasteiger charge is 2.43. The Hall–Kier alpha value is -2.86. The fourth-order valence-electron chi connectivity index (χ4n) is 8.16. The number of amides is 3. The van der Waals surface area contributed by atoms with E-state index in [9.17, 15) is 24.3 Å². The van der Waals surface area contributed by atoms with Crippen molar-refractivity contribution in [1.82, 2.24) is 20.0 Å². The molecule has 0 saturated carbocycles. The number of aliphatic hydroxyl groups is 1. The molecule has 296 valence electrons. The molecule has 0 spiro atoms. The van der Waals surface area contributed by atoms with E-state index >= 15 is 0 Å². The molecule has 1 heterocycles. The van der Waals surface area contributed by atoms with E-state index in [4.69, 9.17) is 9.47 Å². The van der Waals surface area contributed by atoms with E-state index in [-0.39, 0.29) is 72.8 Å². The van der Waals surface area contributed by atoms with Crippen molar-refractivity contribution in [2.24, 2.45) is 29.6 Å². The van der Waals surface area contributed by atoms with E-state index in [1.54, 1.807) is 33.1 Å². The summed E-state index contributed by atoms with van der Waals surface area (Å²) in [5.41, 5.74) is 1.01. The first kappa shape index (κ1) is 45.3. The highest BCUT2D eigenvalue weighted by atomic mass is 16.5. The fourth-order valence-corrected chi connectivity index (χ4v) is 8.16. The molecule has 3 amide bonds. The molecule has 1 aromatic rings. The molecule has 0 bridgehead atoms. The lowest BCUT2D eigenvalue weighted by molar-refractivity contribution is -0.149. The molecule has 52 heavy (non-hydrogen) atoms. The Kier molecular flexibility index (Phi) is 18.9. The summed E-state index contributed by atoms with van der Waals surface area (Å²) in [6.07, 6.45) is 1.79. The summed E-state index contributed by atoms with van der Waals surface area (Å²) in [5.74, 6) is -1.43. The van der Waals surface area contributed by atoms with Crippen LogP contribution in [0.4, 0.5) is 0 Å². The van der Waals surface area contributed by atoms with Crippen molar-refractivity contribution in [3.05, 3.63) is 35.9 Å². The Morgan fingerprint density at radius 3 is 2.08 bits per heavy atom. The first-order valence-corrected chi connectivity index (χ1v) is 19.3. The molecule has 2 N–H and O–H groups in total. The standard InChI is InChI=1S/C41H70N4O7/c1-13-28(6)38(44(10)41(50)32(26(2)3)23-34(47)37(27(4)5)43(8)9)35(51-11)24-36(48)45-21-17-20-33(45)39(52-12)29(7)40(49)42-31(25-46)22-30-18-15-14-16-19-30/h14-16,18-19,26-29,31-33,35,37-39,46H,13,17,20-25H2,1-12H3,(H,42,49)/t28-,29+,31+,32-,33-,35+,37-,38-,39+/m0/s1. The van der Waals surface area contributed by atoms with Crippen LogP contribution in [-0.2, 0) is 35.1 Å². The predicted octanol–water partition coefficient (Wildman–Crippen LogP) is 4.44. The monoisotopic (exact) mass is 731 g/mol. The Balaban J connectivity index is 2.25. The molecule has 1 fully saturated rings. The number of carbonyl (C=O) groups excluding carboxylic acids is 4. The number of ether oxygens (including phenoxy) is 2. The van der Waals surface area contributed by atoms with E-state index in [2.05, 4.69) is 19.2 Å². The summed E-state index contributed by atoms with van der Waals surface area (Å²) in [6.45, 7) is 14.3. The molecule has 1 aliphatic heterocycles. The van der Waals surface area contributed by atoms with Gasteiger partial charge in [0.1, 0.15) is 0 Å². The average Bonchev–Trinajstić information content (AvgIpc) is 3.59. The predicted molar refractivity (Wildman–Crippen MR) is 206 cm³/mol.